The highest BCUT2D eigenvalue weighted by molar-refractivity contribution is 5.88. The predicted molar refractivity (Wildman–Crippen MR) is 231 cm³/mol. The molecule has 6 N–H and O–H groups in total. The first-order valence-electron chi connectivity index (χ1n) is 21.7. The molecule has 0 aromatic heterocycles. The molecular formula is C46H54O25. The van der Waals surface area contributed by atoms with E-state index in [-0.39, 0.29) is 11.5 Å². The molecule has 3 heterocycles. The fraction of sp³-hybridized carbons (Fsp3) is 0.500. The average Bonchev–Trinajstić information content (AvgIpc) is 3.57. The normalized spacial score (nSPS) is 30.5. The molecule has 2 aromatic rings. The Balaban J connectivity index is 1.63. The van der Waals surface area contributed by atoms with Gasteiger partial charge in [-0.15, -0.1) is 0 Å². The zero-order valence-electron chi connectivity index (χ0n) is 38.7. The summed E-state index contributed by atoms with van der Waals surface area (Å²) in [6.45, 7) is 1.06. The molecular weight excluding hydrogens is 952 g/mol. The van der Waals surface area contributed by atoms with Gasteiger partial charge in [-0.2, -0.15) is 0 Å². The van der Waals surface area contributed by atoms with Crippen LogP contribution in [-0.4, -0.2) is 184 Å². The van der Waals surface area contributed by atoms with Crippen molar-refractivity contribution in [3.8, 4) is 11.5 Å². The molecule has 14 atom stereocenters. The maximum atomic E-state index is 13.8. The van der Waals surface area contributed by atoms with Crippen molar-refractivity contribution in [2.45, 2.75) is 120 Å². The number of rotatable bonds is 19. The van der Waals surface area contributed by atoms with E-state index in [0.29, 0.717) is 11.1 Å². The molecule has 5 rings (SSSR count). The maximum absolute atomic E-state index is 13.8. The highest BCUT2D eigenvalue weighted by Gasteiger charge is 2.63. The summed E-state index contributed by atoms with van der Waals surface area (Å²) < 4.78 is 68.9. The van der Waals surface area contributed by atoms with Gasteiger partial charge in [-0.25, -0.2) is 9.59 Å². The minimum atomic E-state index is -2.74. The molecule has 2 aromatic carbocycles. The number of esters is 7. The van der Waals surface area contributed by atoms with Crippen molar-refractivity contribution >= 4 is 53.9 Å². The second-order valence-electron chi connectivity index (χ2n) is 16.0. The molecule has 25 heteroatoms. The van der Waals surface area contributed by atoms with Gasteiger partial charge in [0, 0.05) is 46.8 Å². The number of carbonyl (C=O) groups is 7. The summed E-state index contributed by atoms with van der Waals surface area (Å²) in [7, 11) is 0. The van der Waals surface area contributed by atoms with Crippen molar-refractivity contribution in [1.82, 2.24) is 0 Å². The number of benzene rings is 2. The Morgan fingerprint density at radius 2 is 1.01 bits per heavy atom. The summed E-state index contributed by atoms with van der Waals surface area (Å²) in [6.07, 6.45) is -20.7. The van der Waals surface area contributed by atoms with Crippen LogP contribution in [-0.2, 0) is 90.4 Å². The number of carbonyl (C=O) groups excluding carboxylic acids is 7. The third-order valence-corrected chi connectivity index (χ3v) is 10.6. The van der Waals surface area contributed by atoms with Gasteiger partial charge >= 0.3 is 41.8 Å². The second-order valence-corrected chi connectivity index (χ2v) is 16.0. The summed E-state index contributed by atoms with van der Waals surface area (Å²) in [6, 6.07) is 11.1. The fourth-order valence-electron chi connectivity index (χ4n) is 7.51. The molecule has 71 heavy (non-hydrogen) atoms. The molecule has 0 amide bonds. The topological polar surface area (TPSA) is 352 Å². The summed E-state index contributed by atoms with van der Waals surface area (Å²) in [5.74, 6) is -10.1. The van der Waals surface area contributed by atoms with Crippen LogP contribution in [0.15, 0.2) is 60.7 Å². The Labute approximate surface area is 404 Å². The van der Waals surface area contributed by atoms with Crippen molar-refractivity contribution < 1.29 is 121 Å². The van der Waals surface area contributed by atoms with E-state index in [4.69, 9.17) is 56.8 Å². The van der Waals surface area contributed by atoms with Crippen molar-refractivity contribution in [1.29, 1.82) is 0 Å². The van der Waals surface area contributed by atoms with E-state index in [1.54, 1.807) is 0 Å². The second kappa shape index (κ2) is 25.0. The number of ether oxygens (including phenoxy) is 12. The Kier molecular flexibility index (Phi) is 19.5. The lowest BCUT2D eigenvalue weighted by Crippen LogP contribution is -2.68. The minimum Gasteiger partial charge on any atom is -0.508 e. The van der Waals surface area contributed by atoms with Crippen LogP contribution < -0.4 is 0 Å². The molecule has 3 saturated heterocycles. The Morgan fingerprint density at radius 1 is 0.549 bits per heavy atom. The molecule has 0 bridgehead atoms. The number of phenols is 2. The fourth-order valence-corrected chi connectivity index (χ4v) is 7.51. The number of hydrogen-bond acceptors (Lipinski definition) is 25. The van der Waals surface area contributed by atoms with E-state index in [0.717, 1.165) is 46.8 Å². The lowest BCUT2D eigenvalue weighted by molar-refractivity contribution is -0.399. The number of aromatic hydroxyl groups is 2. The quantitative estimate of drug-likeness (QED) is 0.0571. The van der Waals surface area contributed by atoms with Gasteiger partial charge in [-0.3, -0.25) is 24.0 Å². The summed E-state index contributed by atoms with van der Waals surface area (Å²) in [5, 5.41) is 63.6. The van der Waals surface area contributed by atoms with Gasteiger partial charge < -0.3 is 87.5 Å². The van der Waals surface area contributed by atoms with Crippen LogP contribution in [0.1, 0.15) is 45.7 Å². The SMILES string of the molecule is CC(=O)OC[C@H]1O[C@@H](O[C@@H]2[C@@H](OC(C)=O)[C@H](O[C@]3(CO)O[C@@H](CO)[C@@H](O)[C@@H]3OC(=O)/C=C/c3ccc(O)cc3)O[C@H](COC(C)=O)[C@H]2OC(=O)/C=C/c2ccc(O)cc2)[C@H](OC(C)=O)[C@@H](O)[C@@H]1OC(C)=O. The molecule has 388 valence electrons. The summed E-state index contributed by atoms with van der Waals surface area (Å²) in [4.78, 5) is 89.2. The van der Waals surface area contributed by atoms with Gasteiger partial charge in [-0.05, 0) is 47.5 Å². The first-order valence-corrected chi connectivity index (χ1v) is 21.7. The van der Waals surface area contributed by atoms with E-state index < -0.39 is 154 Å². The van der Waals surface area contributed by atoms with Crippen LogP contribution in [0, 0.1) is 0 Å². The lowest BCUT2D eigenvalue weighted by atomic mass is 9.96. The third kappa shape index (κ3) is 15.0. The predicted octanol–water partition coefficient (Wildman–Crippen LogP) is -0.778. The lowest BCUT2D eigenvalue weighted by Gasteiger charge is -2.49. The minimum absolute atomic E-state index is 0.0630. The Hall–Kier alpha value is -6.55. The number of hydrogen-bond donors (Lipinski definition) is 6. The molecule has 0 radical (unpaired) electrons. The smallest absolute Gasteiger partial charge is 0.331 e. The average molecular weight is 1010 g/mol. The van der Waals surface area contributed by atoms with Crippen LogP contribution in [0.5, 0.6) is 11.5 Å². The van der Waals surface area contributed by atoms with Crippen molar-refractivity contribution in [2.24, 2.45) is 0 Å². The van der Waals surface area contributed by atoms with E-state index in [1.807, 2.05) is 0 Å². The third-order valence-electron chi connectivity index (χ3n) is 10.6. The number of phenolic OH excluding ortho intramolecular Hbond substituents is 2. The van der Waals surface area contributed by atoms with Crippen LogP contribution in [0.2, 0.25) is 0 Å². The molecule has 3 aliphatic rings. The Bertz CT molecular complexity index is 2240. The molecule has 3 aliphatic heterocycles. The van der Waals surface area contributed by atoms with Crippen LogP contribution in [0.3, 0.4) is 0 Å². The van der Waals surface area contributed by atoms with Gasteiger partial charge in [0.25, 0.3) is 0 Å². The molecule has 0 aliphatic carbocycles. The molecule has 0 saturated carbocycles. The van der Waals surface area contributed by atoms with Gasteiger partial charge in [0.1, 0.15) is 67.9 Å². The van der Waals surface area contributed by atoms with E-state index in [2.05, 4.69) is 0 Å². The maximum Gasteiger partial charge on any atom is 0.331 e. The first-order chi connectivity index (χ1) is 33.6. The van der Waals surface area contributed by atoms with Crippen LogP contribution in [0.4, 0.5) is 0 Å². The van der Waals surface area contributed by atoms with Crippen molar-refractivity contribution in [3.05, 3.63) is 71.8 Å². The summed E-state index contributed by atoms with van der Waals surface area (Å²) in [5.41, 5.74) is 0.812. The molecule has 3 fully saturated rings. The largest absolute Gasteiger partial charge is 0.508 e. The standard InChI is InChI=1S/C46H54O25/c1-22(49)60-19-32-38(62-24(3)51)37(59)40(63-25(4)52)44(65-32)69-41-39(67-34(56)16-10-27-6-12-29(54)13-7-27)33(20-61-23(2)50)66-45(42(41)64-26(5)53)71-46(21-48)43(36(58)31(18-47)70-46)68-35(57)17-11-28-8-14-30(55)15-9-28/h6-17,31-33,36-45,47-48,54-55,58-59H,18-21H2,1-5H3/b16-10+,17-11+/t31-,32+,33+,36+,37-,38+,39+,40+,41-,42+,43-,44-,45-,46-/m0/s1. The van der Waals surface area contributed by atoms with Gasteiger partial charge in [0.2, 0.25) is 12.1 Å². The highest BCUT2D eigenvalue weighted by atomic mass is 16.8. The van der Waals surface area contributed by atoms with Crippen LogP contribution in [0.25, 0.3) is 12.2 Å². The van der Waals surface area contributed by atoms with Crippen molar-refractivity contribution in [2.75, 3.05) is 26.4 Å². The van der Waals surface area contributed by atoms with Gasteiger partial charge in [0.05, 0.1) is 6.61 Å². The monoisotopic (exact) mass is 1010 g/mol. The molecule has 0 spiro atoms. The number of aliphatic hydroxyl groups excluding tert-OH is 4. The zero-order chi connectivity index (χ0) is 52.2. The van der Waals surface area contributed by atoms with Gasteiger partial charge in [0.15, 0.2) is 36.8 Å². The highest BCUT2D eigenvalue weighted by Crippen LogP contribution is 2.41. The van der Waals surface area contributed by atoms with E-state index >= 15 is 0 Å². The summed E-state index contributed by atoms with van der Waals surface area (Å²) >= 11 is 0. The Morgan fingerprint density at radius 3 is 1.49 bits per heavy atom. The molecule has 25 nitrogen and oxygen atoms in total. The van der Waals surface area contributed by atoms with E-state index in [1.165, 1.54) is 60.7 Å². The zero-order valence-corrected chi connectivity index (χ0v) is 38.7. The van der Waals surface area contributed by atoms with E-state index in [9.17, 15) is 64.2 Å². The van der Waals surface area contributed by atoms with Crippen LogP contribution >= 0.6 is 0 Å². The number of aliphatic hydroxyl groups is 4. The van der Waals surface area contributed by atoms with Gasteiger partial charge in [-0.1, -0.05) is 24.3 Å². The first kappa shape index (κ1) is 55.4. The van der Waals surface area contributed by atoms with Crippen molar-refractivity contribution in [3.63, 3.8) is 0 Å². The molecule has 0 unspecified atom stereocenters.